The summed E-state index contributed by atoms with van der Waals surface area (Å²) >= 11 is 0. The molecule has 2 heterocycles. The van der Waals surface area contributed by atoms with Crippen LogP contribution in [0.3, 0.4) is 0 Å². The maximum atomic E-state index is 13.8. The van der Waals surface area contributed by atoms with E-state index in [9.17, 15) is 8.78 Å². The zero-order valence-corrected chi connectivity index (χ0v) is 24.9. The van der Waals surface area contributed by atoms with Gasteiger partial charge in [-0.3, -0.25) is 4.99 Å². The van der Waals surface area contributed by atoms with Crippen LogP contribution in [0, 0.1) is 18.6 Å². The molecule has 1 aliphatic heterocycles. The number of rotatable bonds is 12. The summed E-state index contributed by atoms with van der Waals surface area (Å²) in [5, 5.41) is 0. The lowest BCUT2D eigenvalue weighted by molar-refractivity contribution is 0.488. The van der Waals surface area contributed by atoms with Crippen LogP contribution in [0.2, 0.25) is 0 Å². The van der Waals surface area contributed by atoms with Gasteiger partial charge < -0.3 is 4.42 Å². The van der Waals surface area contributed by atoms with Gasteiger partial charge in [-0.1, -0.05) is 83.1 Å². The lowest BCUT2D eigenvalue weighted by atomic mass is 10.0. The van der Waals surface area contributed by atoms with Crippen molar-refractivity contribution >= 4 is 23.3 Å². The number of furan rings is 1. The van der Waals surface area contributed by atoms with Crippen LogP contribution < -0.4 is 0 Å². The average molecular weight is 548 g/mol. The highest BCUT2D eigenvalue weighted by Gasteiger charge is 2.20. The van der Waals surface area contributed by atoms with Crippen molar-refractivity contribution in [2.45, 2.75) is 79.6 Å². The summed E-state index contributed by atoms with van der Waals surface area (Å²) < 4.78 is 32.8. The molecule has 0 bridgehead atoms. The van der Waals surface area contributed by atoms with E-state index in [1.165, 1.54) is 41.7 Å². The number of aliphatic imine (C=N–C) groups is 3. The van der Waals surface area contributed by atoms with E-state index >= 15 is 0 Å². The number of nitrogens with zero attached hydrogens (tertiary/aromatic N) is 3. The molecule has 0 aliphatic carbocycles. The summed E-state index contributed by atoms with van der Waals surface area (Å²) in [5.74, 6) is 0.402. The Hall–Kier alpha value is -3.67. The zero-order chi connectivity index (χ0) is 29.5. The van der Waals surface area contributed by atoms with Crippen LogP contribution in [0.15, 0.2) is 85.8 Å². The van der Waals surface area contributed by atoms with Gasteiger partial charge in [0.1, 0.15) is 17.2 Å². The molecular formula is C34H43F2N3O. The second-order valence-corrected chi connectivity index (χ2v) is 9.50. The van der Waals surface area contributed by atoms with Crippen LogP contribution >= 0.6 is 0 Å². The van der Waals surface area contributed by atoms with Gasteiger partial charge in [0.05, 0.1) is 11.3 Å². The van der Waals surface area contributed by atoms with Gasteiger partial charge in [0.2, 0.25) is 0 Å². The first-order valence-electron chi connectivity index (χ1n) is 14.2. The van der Waals surface area contributed by atoms with Crippen LogP contribution in [0.5, 0.6) is 0 Å². The van der Waals surface area contributed by atoms with Gasteiger partial charge in [-0.2, -0.15) is 0 Å². The molecule has 0 spiro atoms. The molecule has 0 N–H and O–H groups in total. The van der Waals surface area contributed by atoms with Gasteiger partial charge in [-0.05, 0) is 56.4 Å². The summed E-state index contributed by atoms with van der Waals surface area (Å²) in [6, 6.07) is 6.13. The molecule has 1 aromatic carbocycles. The Morgan fingerprint density at radius 2 is 1.85 bits per heavy atom. The largest absolute Gasteiger partial charge is 0.466 e. The van der Waals surface area contributed by atoms with E-state index in [2.05, 4.69) is 66.6 Å². The van der Waals surface area contributed by atoms with Gasteiger partial charge in [0, 0.05) is 25.2 Å². The molecule has 214 valence electrons. The Morgan fingerprint density at radius 1 is 1.07 bits per heavy atom. The molecule has 1 aliphatic rings. The SMILES string of the molecule is C=C(/C=C\C(=C/CC)c1cc(CC)oc1C)CCCC.CCC/C=C1/N=C(c2cccc(F)c2F)N=C1C=NC. The topological polar surface area (TPSA) is 50.2 Å². The predicted octanol–water partition coefficient (Wildman–Crippen LogP) is 9.80. The fraction of sp³-hybridized carbons (Fsp3) is 0.382. The minimum atomic E-state index is -0.931. The first-order chi connectivity index (χ1) is 19.3. The van der Waals surface area contributed by atoms with E-state index in [4.69, 9.17) is 4.42 Å². The van der Waals surface area contributed by atoms with Crippen LogP contribution in [0.1, 0.15) is 88.9 Å². The van der Waals surface area contributed by atoms with Crippen molar-refractivity contribution in [1.29, 1.82) is 0 Å². The summed E-state index contributed by atoms with van der Waals surface area (Å²) in [6.07, 6.45) is 17.3. The Morgan fingerprint density at radius 3 is 2.48 bits per heavy atom. The number of hydrogen-bond acceptors (Lipinski definition) is 4. The Balaban J connectivity index is 0.000000280. The summed E-state index contributed by atoms with van der Waals surface area (Å²) in [4.78, 5) is 12.4. The number of unbranched alkanes of at least 4 members (excludes halogenated alkanes) is 2. The van der Waals surface area contributed by atoms with Crippen molar-refractivity contribution in [2.24, 2.45) is 15.0 Å². The molecule has 0 saturated heterocycles. The Kier molecular flexibility index (Phi) is 13.9. The Bertz CT molecular complexity index is 1320. The number of halogens is 2. The summed E-state index contributed by atoms with van der Waals surface area (Å²) in [5.41, 5.74) is 4.93. The molecule has 1 aromatic heterocycles. The van der Waals surface area contributed by atoms with Crippen LogP contribution in [-0.4, -0.2) is 24.8 Å². The minimum Gasteiger partial charge on any atom is -0.466 e. The highest BCUT2D eigenvalue weighted by atomic mass is 19.2. The number of benzene rings is 1. The third kappa shape index (κ3) is 9.51. The lowest BCUT2D eigenvalue weighted by Gasteiger charge is -2.02. The van der Waals surface area contributed by atoms with Gasteiger partial charge in [0.25, 0.3) is 0 Å². The maximum absolute atomic E-state index is 13.8. The number of hydrogen-bond donors (Lipinski definition) is 0. The highest BCUT2D eigenvalue weighted by Crippen LogP contribution is 2.26. The standard InChI is InChI=1S/C19H28O.C15H15F2N3/c1-6-9-11-15(4)12-13-17(10-7-2)19-14-18(8-3)20-16(19)5;1-3-4-8-12-13(9-18-2)20-15(19-12)10-6-5-7-11(16)14(10)17/h10,12-14H,4,6-9,11H2,1-3,5H3;5-9H,3-4H2,1-2H3/b13-12-,17-10+;12-8+,18-9?. The second-order valence-electron chi connectivity index (χ2n) is 9.50. The molecule has 40 heavy (non-hydrogen) atoms. The molecule has 4 nitrogen and oxygen atoms in total. The van der Waals surface area contributed by atoms with Crippen molar-refractivity contribution in [2.75, 3.05) is 7.05 Å². The quantitative estimate of drug-likeness (QED) is 0.193. The lowest BCUT2D eigenvalue weighted by Crippen LogP contribution is -2.02. The summed E-state index contributed by atoms with van der Waals surface area (Å²) in [6.45, 7) is 14.7. The molecule has 0 radical (unpaired) electrons. The van der Waals surface area contributed by atoms with E-state index in [0.717, 1.165) is 49.7 Å². The van der Waals surface area contributed by atoms with Gasteiger partial charge in [0.15, 0.2) is 17.5 Å². The molecule has 0 atom stereocenters. The first kappa shape index (κ1) is 32.5. The molecule has 0 unspecified atom stereocenters. The fourth-order valence-corrected chi connectivity index (χ4v) is 4.00. The number of allylic oxidation sites excluding steroid dienone is 7. The molecule has 2 aromatic rings. The predicted molar refractivity (Wildman–Crippen MR) is 167 cm³/mol. The third-order valence-corrected chi connectivity index (χ3v) is 6.19. The first-order valence-corrected chi connectivity index (χ1v) is 14.2. The van der Waals surface area contributed by atoms with Gasteiger partial charge >= 0.3 is 0 Å². The number of aryl methyl sites for hydroxylation is 2. The maximum Gasteiger partial charge on any atom is 0.169 e. The smallest absolute Gasteiger partial charge is 0.169 e. The fourth-order valence-electron chi connectivity index (χ4n) is 4.00. The van der Waals surface area contributed by atoms with Crippen molar-refractivity contribution in [3.63, 3.8) is 0 Å². The van der Waals surface area contributed by atoms with E-state index < -0.39 is 11.6 Å². The molecule has 3 rings (SSSR count). The Labute approximate surface area is 238 Å². The van der Waals surface area contributed by atoms with E-state index in [0.29, 0.717) is 11.4 Å². The zero-order valence-electron chi connectivity index (χ0n) is 24.9. The second kappa shape index (κ2) is 17.1. The minimum absolute atomic E-state index is 0.0619. The highest BCUT2D eigenvalue weighted by molar-refractivity contribution is 6.42. The van der Waals surface area contributed by atoms with E-state index in [-0.39, 0.29) is 11.4 Å². The average Bonchev–Trinajstić information content (AvgIpc) is 3.53. The third-order valence-electron chi connectivity index (χ3n) is 6.19. The van der Waals surface area contributed by atoms with E-state index in [1.807, 2.05) is 19.9 Å². The van der Waals surface area contributed by atoms with E-state index in [1.54, 1.807) is 13.3 Å². The molecule has 0 fully saturated rings. The van der Waals surface area contributed by atoms with Crippen molar-refractivity contribution in [1.82, 2.24) is 0 Å². The van der Waals surface area contributed by atoms with Crippen LogP contribution in [0.25, 0.3) is 5.57 Å². The number of amidine groups is 1. The molecule has 0 amide bonds. The molecule has 6 heteroatoms. The normalized spacial score (nSPS) is 14.6. The van der Waals surface area contributed by atoms with Crippen LogP contribution in [0.4, 0.5) is 8.78 Å². The summed E-state index contributed by atoms with van der Waals surface area (Å²) in [7, 11) is 1.63. The van der Waals surface area contributed by atoms with Gasteiger partial charge in [-0.25, -0.2) is 18.8 Å². The monoisotopic (exact) mass is 547 g/mol. The van der Waals surface area contributed by atoms with Gasteiger partial charge in [-0.15, -0.1) is 0 Å². The molecule has 0 saturated carbocycles. The van der Waals surface area contributed by atoms with Crippen molar-refractivity contribution in [3.8, 4) is 0 Å². The van der Waals surface area contributed by atoms with Crippen LogP contribution in [-0.2, 0) is 6.42 Å². The van der Waals surface area contributed by atoms with Crippen molar-refractivity contribution < 1.29 is 13.2 Å². The van der Waals surface area contributed by atoms with Crippen molar-refractivity contribution in [3.05, 3.63) is 101 Å². The molecular weight excluding hydrogens is 504 g/mol.